The van der Waals surface area contributed by atoms with Crippen molar-refractivity contribution in [2.45, 2.75) is 44.0 Å². The Balaban J connectivity index is 2.76. The van der Waals surface area contributed by atoms with Crippen LogP contribution in [0.25, 0.3) is 0 Å². The van der Waals surface area contributed by atoms with Gasteiger partial charge < -0.3 is 10.3 Å². The molecule has 0 aromatic carbocycles. The topological polar surface area (TPSA) is 105 Å². The van der Waals surface area contributed by atoms with Gasteiger partial charge >= 0.3 is 0 Å². The second kappa shape index (κ2) is 6.01. The quantitative estimate of drug-likeness (QED) is 0.719. The number of aromatic amines is 1. The van der Waals surface area contributed by atoms with E-state index in [1.54, 1.807) is 0 Å². The molecule has 6 nitrogen and oxygen atoms in total. The lowest BCUT2D eigenvalue weighted by molar-refractivity contribution is 0.0929. The molecule has 1 heterocycles. The van der Waals surface area contributed by atoms with Crippen LogP contribution in [0.2, 0.25) is 0 Å². The normalized spacial score (nSPS) is 13.3. The lowest BCUT2D eigenvalue weighted by Gasteiger charge is -2.15. The van der Waals surface area contributed by atoms with E-state index in [0.29, 0.717) is 0 Å². The Morgan fingerprint density at radius 3 is 2.61 bits per heavy atom. The first-order chi connectivity index (χ1) is 8.38. The van der Waals surface area contributed by atoms with Crippen molar-refractivity contribution < 1.29 is 13.2 Å². The van der Waals surface area contributed by atoms with Gasteiger partial charge in [-0.15, -0.1) is 0 Å². The molecule has 0 radical (unpaired) electrons. The first-order valence-electron chi connectivity index (χ1n) is 5.90. The highest BCUT2D eigenvalue weighted by Crippen LogP contribution is 2.09. The number of nitrogens with two attached hydrogens (primary N) is 1. The van der Waals surface area contributed by atoms with Crippen molar-refractivity contribution in [3.63, 3.8) is 0 Å². The van der Waals surface area contributed by atoms with E-state index >= 15 is 0 Å². The van der Waals surface area contributed by atoms with Crippen LogP contribution in [0.5, 0.6) is 0 Å². The minimum Gasteiger partial charge on any atom is -0.356 e. The van der Waals surface area contributed by atoms with Gasteiger partial charge in [0.25, 0.3) is 5.91 Å². The van der Waals surface area contributed by atoms with E-state index in [1.807, 2.05) is 13.8 Å². The maximum absolute atomic E-state index is 11.9. The van der Waals surface area contributed by atoms with Crippen LogP contribution in [0.1, 0.15) is 43.6 Å². The van der Waals surface area contributed by atoms with E-state index in [9.17, 15) is 13.2 Å². The van der Waals surface area contributed by atoms with Crippen molar-refractivity contribution in [2.24, 2.45) is 5.14 Å². The van der Waals surface area contributed by atoms with Crippen LogP contribution < -0.4 is 10.5 Å². The van der Waals surface area contributed by atoms with E-state index in [2.05, 4.69) is 10.3 Å². The number of carbonyl (C=O) groups is 1. The number of sulfonamides is 1. The van der Waals surface area contributed by atoms with E-state index in [1.165, 1.54) is 12.3 Å². The van der Waals surface area contributed by atoms with Crippen molar-refractivity contribution >= 4 is 15.9 Å². The highest BCUT2D eigenvalue weighted by Gasteiger charge is 2.16. The minimum absolute atomic E-state index is 0.0869. The Hall–Kier alpha value is -1.34. The third kappa shape index (κ3) is 3.85. The monoisotopic (exact) mass is 273 g/mol. The van der Waals surface area contributed by atoms with Gasteiger partial charge in [-0.2, -0.15) is 0 Å². The van der Waals surface area contributed by atoms with Crippen molar-refractivity contribution in [1.82, 2.24) is 10.3 Å². The smallest absolute Gasteiger partial charge is 0.267 e. The fourth-order valence-corrected chi connectivity index (χ4v) is 2.17. The molecule has 0 aliphatic rings. The lowest BCUT2D eigenvalue weighted by atomic mass is 10.1. The number of nitrogens with one attached hydrogen (secondary N) is 2. The van der Waals surface area contributed by atoms with Crippen molar-refractivity contribution in [3.8, 4) is 0 Å². The average Bonchev–Trinajstić information content (AvgIpc) is 2.77. The molecule has 102 valence electrons. The summed E-state index contributed by atoms with van der Waals surface area (Å²) in [5, 5.41) is 7.81. The zero-order chi connectivity index (χ0) is 13.8. The highest BCUT2D eigenvalue weighted by molar-refractivity contribution is 7.89. The summed E-state index contributed by atoms with van der Waals surface area (Å²) in [6.45, 7) is 4.04. The van der Waals surface area contributed by atoms with Crippen LogP contribution in [0.15, 0.2) is 17.2 Å². The van der Waals surface area contributed by atoms with E-state index < -0.39 is 10.0 Å². The summed E-state index contributed by atoms with van der Waals surface area (Å²) in [5.41, 5.74) is 0.202. The van der Waals surface area contributed by atoms with Gasteiger partial charge in [0.05, 0.1) is 4.90 Å². The Morgan fingerprint density at radius 1 is 1.50 bits per heavy atom. The summed E-state index contributed by atoms with van der Waals surface area (Å²) >= 11 is 0. The van der Waals surface area contributed by atoms with Crippen molar-refractivity contribution in [2.75, 3.05) is 0 Å². The maximum Gasteiger partial charge on any atom is 0.267 e. The summed E-state index contributed by atoms with van der Waals surface area (Å²) in [5.74, 6) is -0.315. The SMILES string of the molecule is CCCC(CC)NC(=O)c1cc(S(N)(=O)=O)c[nH]1. The maximum atomic E-state index is 11.9. The van der Waals surface area contributed by atoms with Crippen LogP contribution in [0.3, 0.4) is 0 Å². The Kier molecular flexibility index (Phi) is 4.92. The van der Waals surface area contributed by atoms with Gasteiger partial charge in [-0.1, -0.05) is 20.3 Å². The van der Waals surface area contributed by atoms with Crippen LogP contribution >= 0.6 is 0 Å². The summed E-state index contributed by atoms with van der Waals surface area (Å²) in [6, 6.07) is 1.34. The molecule has 0 aliphatic carbocycles. The van der Waals surface area contributed by atoms with Crippen LogP contribution in [-0.2, 0) is 10.0 Å². The second-order valence-electron chi connectivity index (χ2n) is 4.16. The number of H-pyrrole nitrogens is 1. The number of amides is 1. The molecule has 4 N–H and O–H groups in total. The molecule has 1 atom stereocenters. The Bertz CT molecular complexity index is 507. The lowest BCUT2D eigenvalue weighted by Crippen LogP contribution is -2.34. The first-order valence-corrected chi connectivity index (χ1v) is 7.45. The van der Waals surface area contributed by atoms with Gasteiger partial charge in [-0.05, 0) is 18.9 Å². The molecule has 7 heteroatoms. The molecular formula is C11H19N3O3S. The predicted molar refractivity (Wildman–Crippen MR) is 68.6 cm³/mol. The minimum atomic E-state index is -3.77. The van der Waals surface area contributed by atoms with Crippen LogP contribution in [-0.4, -0.2) is 25.4 Å². The standard InChI is InChI=1S/C11H19N3O3S/c1-3-5-8(4-2)14-11(15)10-6-9(7-13-10)18(12,16)17/h6-8,13H,3-5H2,1-2H3,(H,14,15)(H2,12,16,17). The summed E-state index contributed by atoms with van der Waals surface area (Å²) < 4.78 is 22.2. The van der Waals surface area contributed by atoms with Gasteiger partial charge in [-0.25, -0.2) is 13.6 Å². The predicted octanol–water partition coefficient (Wildman–Crippen LogP) is 0.971. The Morgan fingerprint density at radius 2 is 2.17 bits per heavy atom. The number of carbonyl (C=O) groups excluding carboxylic acids is 1. The number of primary sulfonamides is 1. The molecule has 1 amide bonds. The summed E-state index contributed by atoms with van der Waals surface area (Å²) in [7, 11) is -3.77. The molecule has 0 saturated carbocycles. The van der Waals surface area contributed by atoms with Gasteiger partial charge in [0.15, 0.2) is 0 Å². The first kappa shape index (κ1) is 14.7. The fourth-order valence-electron chi connectivity index (χ4n) is 1.66. The zero-order valence-corrected chi connectivity index (χ0v) is 11.4. The third-order valence-corrected chi connectivity index (χ3v) is 3.59. The van der Waals surface area contributed by atoms with Gasteiger partial charge in [-0.3, -0.25) is 4.79 Å². The van der Waals surface area contributed by atoms with Crippen LogP contribution in [0, 0.1) is 0 Å². The zero-order valence-electron chi connectivity index (χ0n) is 10.6. The van der Waals surface area contributed by atoms with E-state index in [0.717, 1.165) is 19.3 Å². The molecule has 0 fully saturated rings. The molecule has 1 aromatic rings. The highest BCUT2D eigenvalue weighted by atomic mass is 32.2. The van der Waals surface area contributed by atoms with Crippen molar-refractivity contribution in [3.05, 3.63) is 18.0 Å². The molecular weight excluding hydrogens is 254 g/mol. The summed E-state index contributed by atoms with van der Waals surface area (Å²) in [6.07, 6.45) is 3.92. The van der Waals surface area contributed by atoms with Gasteiger partial charge in [0, 0.05) is 12.2 Å². The summed E-state index contributed by atoms with van der Waals surface area (Å²) in [4.78, 5) is 14.4. The van der Waals surface area contributed by atoms with Crippen molar-refractivity contribution in [1.29, 1.82) is 0 Å². The Labute approximate surface area is 107 Å². The van der Waals surface area contributed by atoms with E-state index in [4.69, 9.17) is 5.14 Å². The molecule has 18 heavy (non-hydrogen) atoms. The molecule has 0 spiro atoms. The number of hydrogen-bond acceptors (Lipinski definition) is 3. The molecule has 0 saturated heterocycles. The molecule has 1 aromatic heterocycles. The number of aromatic nitrogens is 1. The van der Waals surface area contributed by atoms with Crippen LogP contribution in [0.4, 0.5) is 0 Å². The van der Waals surface area contributed by atoms with Gasteiger partial charge in [0.2, 0.25) is 10.0 Å². The second-order valence-corrected chi connectivity index (χ2v) is 5.72. The number of hydrogen-bond donors (Lipinski definition) is 3. The largest absolute Gasteiger partial charge is 0.356 e. The third-order valence-electron chi connectivity index (χ3n) is 2.69. The fraction of sp³-hybridized carbons (Fsp3) is 0.545. The molecule has 1 unspecified atom stereocenters. The molecule has 0 aliphatic heterocycles. The average molecular weight is 273 g/mol. The number of rotatable bonds is 6. The van der Waals surface area contributed by atoms with Gasteiger partial charge in [0.1, 0.15) is 5.69 Å². The van der Waals surface area contributed by atoms with E-state index in [-0.39, 0.29) is 22.5 Å². The molecule has 0 bridgehead atoms. The molecule has 1 rings (SSSR count).